The molecule has 0 aliphatic rings. The molecule has 2 unspecified atom stereocenters. The normalized spacial score (nSPS) is 13.7. The lowest BCUT2D eigenvalue weighted by atomic mass is 9.93. The Kier molecular flexibility index (Phi) is 4.53. The molecule has 0 bridgehead atoms. The zero-order valence-electron chi connectivity index (χ0n) is 11.7. The van der Waals surface area contributed by atoms with Gasteiger partial charge < -0.3 is 10.4 Å². The first-order valence-corrected chi connectivity index (χ1v) is 6.69. The number of carboxylic acid groups (broad SMARTS) is 1. The summed E-state index contributed by atoms with van der Waals surface area (Å²) < 4.78 is 0. The summed E-state index contributed by atoms with van der Waals surface area (Å²) in [6.45, 7) is 1.72. The van der Waals surface area contributed by atoms with Gasteiger partial charge in [-0.25, -0.2) is 0 Å². The summed E-state index contributed by atoms with van der Waals surface area (Å²) >= 11 is 0. The van der Waals surface area contributed by atoms with E-state index in [0.29, 0.717) is 0 Å². The molecule has 0 spiro atoms. The first kappa shape index (κ1) is 14.3. The maximum absolute atomic E-state index is 11.1. The topological polar surface area (TPSA) is 49.3 Å². The Morgan fingerprint density at radius 1 is 1.00 bits per heavy atom. The van der Waals surface area contributed by atoms with Crippen LogP contribution >= 0.6 is 0 Å². The van der Waals surface area contributed by atoms with Crippen LogP contribution in [0.4, 0.5) is 0 Å². The lowest BCUT2D eigenvalue weighted by Gasteiger charge is -2.21. The van der Waals surface area contributed by atoms with Crippen LogP contribution in [0.15, 0.2) is 54.6 Å². The van der Waals surface area contributed by atoms with Gasteiger partial charge in [-0.2, -0.15) is 0 Å². The van der Waals surface area contributed by atoms with Crippen molar-refractivity contribution in [3.05, 3.63) is 60.2 Å². The number of nitrogens with one attached hydrogen (secondary N) is 1. The molecule has 0 saturated heterocycles. The van der Waals surface area contributed by atoms with Crippen LogP contribution in [0.3, 0.4) is 0 Å². The first-order chi connectivity index (χ1) is 9.63. The molecule has 2 aromatic carbocycles. The summed E-state index contributed by atoms with van der Waals surface area (Å²) in [6.07, 6.45) is 0. The molecule has 2 aromatic rings. The number of aliphatic carboxylic acids is 1. The standard InChI is InChI=1S/C17H19NO2/c1-12(17(19)20)16(18-2)15-10-8-14(9-11-15)13-6-4-3-5-7-13/h3-12,16,18H,1-2H3,(H,19,20). The fraction of sp³-hybridized carbons (Fsp3) is 0.235. The molecule has 0 fully saturated rings. The molecule has 2 N–H and O–H groups in total. The highest BCUT2D eigenvalue weighted by atomic mass is 16.4. The van der Waals surface area contributed by atoms with Crippen molar-refractivity contribution in [2.45, 2.75) is 13.0 Å². The molecular weight excluding hydrogens is 250 g/mol. The fourth-order valence-electron chi connectivity index (χ4n) is 2.36. The van der Waals surface area contributed by atoms with Crippen LogP contribution in [0.2, 0.25) is 0 Å². The third-order valence-electron chi connectivity index (χ3n) is 3.58. The van der Waals surface area contributed by atoms with E-state index in [0.717, 1.165) is 16.7 Å². The molecule has 2 rings (SSSR count). The van der Waals surface area contributed by atoms with Crippen molar-refractivity contribution in [1.29, 1.82) is 0 Å². The SMILES string of the molecule is CNC(c1ccc(-c2ccccc2)cc1)C(C)C(=O)O. The van der Waals surface area contributed by atoms with Crippen LogP contribution in [-0.2, 0) is 4.79 Å². The fourth-order valence-corrected chi connectivity index (χ4v) is 2.36. The molecule has 0 aliphatic heterocycles. The second-order valence-corrected chi connectivity index (χ2v) is 4.88. The van der Waals surface area contributed by atoms with Gasteiger partial charge in [-0.3, -0.25) is 4.79 Å². The Morgan fingerprint density at radius 2 is 1.55 bits per heavy atom. The molecule has 0 aromatic heterocycles. The number of hydrogen-bond donors (Lipinski definition) is 2. The van der Waals surface area contributed by atoms with Crippen LogP contribution in [0.1, 0.15) is 18.5 Å². The number of hydrogen-bond acceptors (Lipinski definition) is 2. The molecule has 20 heavy (non-hydrogen) atoms. The van der Waals surface area contributed by atoms with E-state index in [1.807, 2.05) is 42.5 Å². The smallest absolute Gasteiger partial charge is 0.308 e. The Labute approximate surface area is 119 Å². The molecule has 0 radical (unpaired) electrons. The molecule has 0 amide bonds. The molecule has 0 aliphatic carbocycles. The van der Waals surface area contributed by atoms with E-state index in [9.17, 15) is 4.79 Å². The van der Waals surface area contributed by atoms with Gasteiger partial charge in [0.05, 0.1) is 5.92 Å². The lowest BCUT2D eigenvalue weighted by Crippen LogP contribution is -2.28. The van der Waals surface area contributed by atoms with Gasteiger partial charge >= 0.3 is 5.97 Å². The largest absolute Gasteiger partial charge is 0.481 e. The minimum Gasteiger partial charge on any atom is -0.481 e. The number of rotatable bonds is 5. The highest BCUT2D eigenvalue weighted by Gasteiger charge is 2.23. The van der Waals surface area contributed by atoms with E-state index < -0.39 is 11.9 Å². The molecular formula is C17H19NO2. The highest BCUT2D eigenvalue weighted by molar-refractivity contribution is 5.71. The van der Waals surface area contributed by atoms with Crippen molar-refractivity contribution in [3.63, 3.8) is 0 Å². The van der Waals surface area contributed by atoms with Crippen LogP contribution in [0.5, 0.6) is 0 Å². The molecule has 3 heteroatoms. The second-order valence-electron chi connectivity index (χ2n) is 4.88. The Morgan fingerprint density at radius 3 is 2.05 bits per heavy atom. The molecule has 3 nitrogen and oxygen atoms in total. The van der Waals surface area contributed by atoms with Gasteiger partial charge in [-0.05, 0) is 23.7 Å². The predicted molar refractivity (Wildman–Crippen MR) is 80.5 cm³/mol. The monoisotopic (exact) mass is 269 g/mol. The van der Waals surface area contributed by atoms with Crippen LogP contribution in [0, 0.1) is 5.92 Å². The van der Waals surface area contributed by atoms with Crippen molar-refractivity contribution >= 4 is 5.97 Å². The van der Waals surface area contributed by atoms with Gasteiger partial charge in [0, 0.05) is 6.04 Å². The minimum absolute atomic E-state index is 0.183. The average Bonchev–Trinajstić information content (AvgIpc) is 2.49. The highest BCUT2D eigenvalue weighted by Crippen LogP contribution is 2.25. The van der Waals surface area contributed by atoms with Crippen molar-refractivity contribution in [2.75, 3.05) is 7.05 Å². The Hall–Kier alpha value is -2.13. The number of carbonyl (C=O) groups is 1. The van der Waals surface area contributed by atoms with Crippen molar-refractivity contribution < 1.29 is 9.90 Å². The number of benzene rings is 2. The van der Waals surface area contributed by atoms with Crippen LogP contribution in [0.25, 0.3) is 11.1 Å². The Bertz CT molecular complexity index is 563. The predicted octanol–water partition coefficient (Wildman–Crippen LogP) is 3.33. The zero-order chi connectivity index (χ0) is 14.5. The average molecular weight is 269 g/mol. The van der Waals surface area contributed by atoms with E-state index in [-0.39, 0.29) is 6.04 Å². The van der Waals surface area contributed by atoms with Crippen molar-refractivity contribution in [2.24, 2.45) is 5.92 Å². The zero-order valence-corrected chi connectivity index (χ0v) is 11.7. The van der Waals surface area contributed by atoms with E-state index in [1.165, 1.54) is 0 Å². The quantitative estimate of drug-likeness (QED) is 0.875. The molecule has 0 saturated carbocycles. The van der Waals surface area contributed by atoms with Gasteiger partial charge in [0.15, 0.2) is 0 Å². The van der Waals surface area contributed by atoms with E-state index in [4.69, 9.17) is 5.11 Å². The van der Waals surface area contributed by atoms with Crippen molar-refractivity contribution in [3.8, 4) is 11.1 Å². The second kappa shape index (κ2) is 6.35. The lowest BCUT2D eigenvalue weighted by molar-refractivity contribution is -0.142. The number of carboxylic acids is 1. The summed E-state index contributed by atoms with van der Waals surface area (Å²) in [5, 5.41) is 12.2. The summed E-state index contributed by atoms with van der Waals surface area (Å²) in [5.74, 6) is -1.26. The summed E-state index contributed by atoms with van der Waals surface area (Å²) in [4.78, 5) is 11.1. The van der Waals surface area contributed by atoms with Gasteiger partial charge in [0.2, 0.25) is 0 Å². The third-order valence-corrected chi connectivity index (χ3v) is 3.58. The van der Waals surface area contributed by atoms with Gasteiger partial charge in [0.1, 0.15) is 0 Å². The van der Waals surface area contributed by atoms with E-state index in [2.05, 4.69) is 17.4 Å². The van der Waals surface area contributed by atoms with Gasteiger partial charge in [-0.1, -0.05) is 61.5 Å². The Balaban J connectivity index is 2.25. The summed E-state index contributed by atoms with van der Waals surface area (Å²) in [6, 6.07) is 18.0. The maximum Gasteiger partial charge on any atom is 0.308 e. The minimum atomic E-state index is -0.795. The first-order valence-electron chi connectivity index (χ1n) is 6.69. The van der Waals surface area contributed by atoms with Gasteiger partial charge in [0.25, 0.3) is 0 Å². The van der Waals surface area contributed by atoms with Crippen molar-refractivity contribution in [1.82, 2.24) is 5.32 Å². The van der Waals surface area contributed by atoms with Crippen LogP contribution < -0.4 is 5.32 Å². The third kappa shape index (κ3) is 3.06. The summed E-state index contributed by atoms with van der Waals surface area (Å²) in [7, 11) is 1.79. The van der Waals surface area contributed by atoms with E-state index >= 15 is 0 Å². The van der Waals surface area contributed by atoms with E-state index in [1.54, 1.807) is 14.0 Å². The van der Waals surface area contributed by atoms with Gasteiger partial charge in [-0.15, -0.1) is 0 Å². The molecule has 0 heterocycles. The molecule has 2 atom stereocenters. The summed E-state index contributed by atoms with van der Waals surface area (Å²) in [5.41, 5.74) is 3.28. The molecule has 104 valence electrons. The van der Waals surface area contributed by atoms with Crippen LogP contribution in [-0.4, -0.2) is 18.1 Å². The maximum atomic E-state index is 11.1.